The highest BCUT2D eigenvalue weighted by Crippen LogP contribution is 2.44. The summed E-state index contributed by atoms with van der Waals surface area (Å²) in [4.78, 5) is 36.9. The molecule has 2 aliphatic heterocycles. The fraction of sp³-hybridized carbons (Fsp3) is 0.400. The van der Waals surface area contributed by atoms with Crippen LogP contribution in [0.3, 0.4) is 0 Å². The van der Waals surface area contributed by atoms with Gasteiger partial charge >= 0.3 is 28.4 Å². The average Bonchev–Trinajstić information content (AvgIpc) is 3.03. The molecule has 2 bridgehead atoms. The van der Waals surface area contributed by atoms with Crippen molar-refractivity contribution in [1.29, 1.82) is 0 Å². The Morgan fingerprint density at radius 2 is 2.12 bits per heavy atom. The number of hydrogen-bond donors (Lipinski definition) is 2. The molecule has 2 atom stereocenters. The minimum Gasteiger partial charge on any atom is -0.467 e. The van der Waals surface area contributed by atoms with Gasteiger partial charge in [-0.2, -0.15) is 23.3 Å². The number of methoxy groups -OCH3 is 1. The zero-order valence-electron chi connectivity index (χ0n) is 12.0. The number of nitrogens with two attached hydrogens (primary N) is 1. The van der Waals surface area contributed by atoms with Crippen molar-refractivity contribution in [2.24, 2.45) is 5.73 Å². The molecule has 130 valence electrons. The molecule has 13 nitrogen and oxygen atoms in total. The summed E-state index contributed by atoms with van der Waals surface area (Å²) in [6, 6.07) is -4.43. The van der Waals surface area contributed by atoms with Crippen molar-refractivity contribution in [3.8, 4) is 0 Å². The Morgan fingerprint density at radius 3 is 2.67 bits per heavy atom. The van der Waals surface area contributed by atoms with E-state index in [1.807, 2.05) is 0 Å². The molecule has 3 rings (SSSR count). The lowest BCUT2D eigenvalue weighted by Gasteiger charge is -2.28. The first-order valence-electron chi connectivity index (χ1n) is 6.38. The average molecular weight is 361 g/mol. The molecule has 3 heterocycles. The summed E-state index contributed by atoms with van der Waals surface area (Å²) in [5.41, 5.74) is 5.31. The van der Waals surface area contributed by atoms with E-state index in [4.69, 9.17) is 10.3 Å². The van der Waals surface area contributed by atoms with Crippen LogP contribution in [0.5, 0.6) is 0 Å². The smallest absolute Gasteiger partial charge is 0.418 e. The highest BCUT2D eigenvalue weighted by atomic mass is 32.3. The maximum atomic E-state index is 12.3. The molecule has 0 aliphatic carbocycles. The maximum absolute atomic E-state index is 12.3. The standard InChI is InChI=1S/C10H11N5O8S/c1-22-8(16)7-6-4(2-12-14(6)9(11)17)5-3-13(7)10(18)15(5)23-24(19,20)21/h2,5,7H,3H2,1H3,(H2,11,17)(H,19,20,21)/t5-,7+/m1/s1. The van der Waals surface area contributed by atoms with Crippen molar-refractivity contribution in [1.82, 2.24) is 19.7 Å². The van der Waals surface area contributed by atoms with Gasteiger partial charge in [0.15, 0.2) is 6.04 Å². The van der Waals surface area contributed by atoms with Crippen LogP contribution >= 0.6 is 0 Å². The molecule has 14 heteroatoms. The van der Waals surface area contributed by atoms with Gasteiger partial charge in [0.25, 0.3) is 0 Å². The van der Waals surface area contributed by atoms with Crippen molar-refractivity contribution in [2.75, 3.05) is 13.7 Å². The van der Waals surface area contributed by atoms with Crippen molar-refractivity contribution in [2.45, 2.75) is 12.1 Å². The van der Waals surface area contributed by atoms with Crippen molar-refractivity contribution in [3.63, 3.8) is 0 Å². The van der Waals surface area contributed by atoms with Crippen LogP contribution < -0.4 is 5.73 Å². The monoisotopic (exact) mass is 361 g/mol. The minimum absolute atomic E-state index is 0.0413. The first kappa shape index (κ1) is 16.2. The summed E-state index contributed by atoms with van der Waals surface area (Å²) in [5, 5.41) is 4.12. The first-order chi connectivity index (χ1) is 11.2. The molecule has 3 amide bonds. The molecule has 0 saturated carbocycles. The summed E-state index contributed by atoms with van der Waals surface area (Å²) >= 11 is 0. The second-order valence-electron chi connectivity index (χ2n) is 4.94. The molecule has 3 N–H and O–H groups in total. The Hall–Kier alpha value is -2.71. The third kappa shape index (κ3) is 2.27. The Kier molecular flexibility index (Phi) is 3.47. The highest BCUT2D eigenvalue weighted by Gasteiger charge is 2.54. The van der Waals surface area contributed by atoms with Crippen molar-refractivity contribution < 1.29 is 36.4 Å². The fourth-order valence-electron chi connectivity index (χ4n) is 2.80. The van der Waals surface area contributed by atoms with Gasteiger partial charge in [0.1, 0.15) is 6.04 Å². The molecule has 0 radical (unpaired) electrons. The summed E-state index contributed by atoms with van der Waals surface area (Å²) in [6.07, 6.45) is 1.15. The van der Waals surface area contributed by atoms with Crippen molar-refractivity contribution >= 4 is 28.4 Å². The van der Waals surface area contributed by atoms with Gasteiger partial charge in [0, 0.05) is 5.56 Å². The van der Waals surface area contributed by atoms with Crippen LogP contribution in [0.1, 0.15) is 23.3 Å². The minimum atomic E-state index is -4.99. The van der Waals surface area contributed by atoms with E-state index in [9.17, 15) is 22.8 Å². The van der Waals surface area contributed by atoms with Crippen LogP contribution in [0.15, 0.2) is 6.20 Å². The molecule has 0 unspecified atom stereocenters. The van der Waals surface area contributed by atoms with Crippen LogP contribution in [0.4, 0.5) is 9.59 Å². The van der Waals surface area contributed by atoms with E-state index in [0.717, 1.165) is 18.2 Å². The number of hydroxylamine groups is 2. The number of hydrogen-bond acceptors (Lipinski definition) is 8. The third-order valence-corrected chi connectivity index (χ3v) is 4.01. The van der Waals surface area contributed by atoms with E-state index in [0.29, 0.717) is 9.75 Å². The van der Waals surface area contributed by atoms with Gasteiger partial charge in [-0.15, -0.1) is 4.28 Å². The van der Waals surface area contributed by atoms with Crippen LogP contribution in [-0.2, 0) is 24.2 Å². The lowest BCUT2D eigenvalue weighted by molar-refractivity contribution is -0.146. The Balaban J connectivity index is 2.16. The van der Waals surface area contributed by atoms with Crippen LogP contribution in [0.2, 0.25) is 0 Å². The molecule has 0 spiro atoms. The summed E-state index contributed by atoms with van der Waals surface area (Å²) < 4.78 is 40.4. The van der Waals surface area contributed by atoms with Gasteiger partial charge in [0.05, 0.1) is 25.5 Å². The zero-order chi connectivity index (χ0) is 17.8. The topological polar surface area (TPSA) is 174 Å². The predicted octanol–water partition coefficient (Wildman–Crippen LogP) is -1.45. The second kappa shape index (κ2) is 5.15. The maximum Gasteiger partial charge on any atom is 0.418 e. The molecule has 1 aromatic rings. The fourth-order valence-corrected chi connectivity index (χ4v) is 3.17. The van der Waals surface area contributed by atoms with Gasteiger partial charge in [-0.25, -0.2) is 14.4 Å². The van der Waals surface area contributed by atoms with Gasteiger partial charge in [-0.1, -0.05) is 0 Å². The normalized spacial score (nSPS) is 22.5. The molecule has 1 fully saturated rings. The predicted molar refractivity (Wildman–Crippen MR) is 71.3 cm³/mol. The quantitative estimate of drug-likeness (QED) is 0.482. The van der Waals surface area contributed by atoms with Gasteiger partial charge in [-0.05, 0) is 0 Å². The summed E-state index contributed by atoms with van der Waals surface area (Å²) in [5.74, 6) is -0.889. The number of esters is 1. The third-order valence-electron chi connectivity index (χ3n) is 3.66. The lowest BCUT2D eigenvalue weighted by Crippen LogP contribution is -2.41. The summed E-state index contributed by atoms with van der Waals surface area (Å²) in [6.45, 7) is -0.147. The molecular weight excluding hydrogens is 350 g/mol. The number of carbonyl (C=O) groups is 3. The van der Waals surface area contributed by atoms with E-state index in [1.54, 1.807) is 0 Å². The van der Waals surface area contributed by atoms with Gasteiger partial charge < -0.3 is 15.4 Å². The molecule has 2 aliphatic rings. The Bertz CT molecular complexity index is 847. The molecule has 0 aromatic carbocycles. The number of ether oxygens (including phenoxy) is 1. The van der Waals surface area contributed by atoms with Gasteiger partial charge in [-0.3, -0.25) is 4.55 Å². The first-order valence-corrected chi connectivity index (χ1v) is 7.74. The molecular formula is C10H11N5O8S. The van der Waals surface area contributed by atoms with Gasteiger partial charge in [0.2, 0.25) is 0 Å². The highest BCUT2D eigenvalue weighted by molar-refractivity contribution is 7.80. The van der Waals surface area contributed by atoms with E-state index >= 15 is 0 Å². The van der Waals surface area contributed by atoms with E-state index in [2.05, 4.69) is 14.1 Å². The number of fused-ring (bicyclic) bond motifs is 4. The number of carbonyl (C=O) groups excluding carboxylic acids is 3. The largest absolute Gasteiger partial charge is 0.467 e. The lowest BCUT2D eigenvalue weighted by atomic mass is 9.98. The van der Waals surface area contributed by atoms with Crippen molar-refractivity contribution in [3.05, 3.63) is 17.5 Å². The SMILES string of the molecule is COC(=O)[C@@H]1c2c(cnn2C(N)=O)[C@H]2CN1C(=O)N2OS(=O)(=O)O. The Labute approximate surface area is 134 Å². The number of urea groups is 1. The number of primary amides is 1. The van der Waals surface area contributed by atoms with E-state index in [-0.39, 0.29) is 17.8 Å². The van der Waals surface area contributed by atoms with Crippen LogP contribution in [-0.4, -0.2) is 64.4 Å². The summed E-state index contributed by atoms with van der Waals surface area (Å²) in [7, 11) is -3.92. The van der Waals surface area contributed by atoms with Crippen LogP contribution in [0.25, 0.3) is 0 Å². The zero-order valence-corrected chi connectivity index (χ0v) is 12.8. The molecule has 1 aromatic heterocycles. The number of amides is 3. The van der Waals surface area contributed by atoms with Crippen LogP contribution in [0, 0.1) is 0 Å². The number of nitrogens with zero attached hydrogens (tertiary/aromatic N) is 4. The Morgan fingerprint density at radius 1 is 1.46 bits per heavy atom. The molecule has 24 heavy (non-hydrogen) atoms. The molecule has 1 saturated heterocycles. The number of rotatable bonds is 3. The number of aromatic nitrogens is 2. The van der Waals surface area contributed by atoms with E-state index in [1.165, 1.54) is 0 Å². The second-order valence-corrected chi connectivity index (χ2v) is 5.94. The van der Waals surface area contributed by atoms with E-state index < -0.39 is 40.5 Å².